The molecule has 0 saturated heterocycles. The maximum absolute atomic E-state index is 12.2. The summed E-state index contributed by atoms with van der Waals surface area (Å²) in [5.41, 5.74) is 2.67. The van der Waals surface area contributed by atoms with Gasteiger partial charge in [0.1, 0.15) is 0 Å². The number of rotatable bonds is 1. The van der Waals surface area contributed by atoms with E-state index < -0.39 is 0 Å². The van der Waals surface area contributed by atoms with Gasteiger partial charge in [0.2, 0.25) is 0 Å². The maximum Gasteiger partial charge on any atom is 0.347 e. The van der Waals surface area contributed by atoms with Crippen molar-refractivity contribution in [3.8, 4) is 0 Å². The summed E-state index contributed by atoms with van der Waals surface area (Å²) in [4.78, 5) is 12.2. The summed E-state index contributed by atoms with van der Waals surface area (Å²) >= 11 is 3.36. The molecule has 3 rings (SSSR count). The molecule has 0 aliphatic carbocycles. The van der Waals surface area contributed by atoms with Crippen molar-refractivity contribution in [3.05, 3.63) is 58.7 Å². The molecule has 20 heavy (non-hydrogen) atoms. The number of nitrogens with zero attached hydrogens (tertiary/aromatic N) is 2. The van der Waals surface area contributed by atoms with Gasteiger partial charge in [-0.3, -0.25) is 0 Å². The van der Waals surface area contributed by atoms with Gasteiger partial charge in [0.15, 0.2) is 0 Å². The van der Waals surface area contributed by atoms with E-state index in [9.17, 15) is 4.79 Å². The van der Waals surface area contributed by atoms with E-state index in [1.807, 2.05) is 49.4 Å². The number of hydrogen-bond donors (Lipinski definition) is 1. The molecule has 0 bridgehead atoms. The molecule has 100 valence electrons. The third kappa shape index (κ3) is 2.44. The van der Waals surface area contributed by atoms with E-state index in [2.05, 4.69) is 26.3 Å². The van der Waals surface area contributed by atoms with Gasteiger partial charge in [-0.05, 0) is 43.3 Å². The van der Waals surface area contributed by atoms with Crippen LogP contribution >= 0.6 is 15.9 Å². The number of fused-ring (bicyclic) bond motifs is 1. The molecule has 0 unspecified atom stereocenters. The van der Waals surface area contributed by atoms with Gasteiger partial charge in [-0.1, -0.05) is 27.6 Å². The first-order valence-electron chi connectivity index (χ1n) is 6.15. The smallest absolute Gasteiger partial charge is 0.306 e. The Morgan fingerprint density at radius 2 is 1.95 bits per heavy atom. The van der Waals surface area contributed by atoms with Crippen LogP contribution in [0.5, 0.6) is 0 Å². The largest absolute Gasteiger partial charge is 0.347 e. The molecule has 0 saturated carbocycles. The second-order valence-corrected chi connectivity index (χ2v) is 5.47. The Morgan fingerprint density at radius 1 is 1.20 bits per heavy atom. The second kappa shape index (κ2) is 5.09. The Morgan fingerprint density at radius 3 is 2.70 bits per heavy atom. The molecule has 1 heterocycles. The number of nitrogens with one attached hydrogen (secondary N) is 1. The van der Waals surface area contributed by atoms with Crippen LogP contribution < -0.4 is 5.32 Å². The fraction of sp³-hybridized carbons (Fsp3) is 0.0667. The Balaban J connectivity index is 1.91. The van der Waals surface area contributed by atoms with Crippen LogP contribution in [0, 0.1) is 6.92 Å². The minimum Gasteiger partial charge on any atom is -0.306 e. The van der Waals surface area contributed by atoms with E-state index in [4.69, 9.17) is 0 Å². The van der Waals surface area contributed by atoms with Crippen LogP contribution in [0.25, 0.3) is 10.9 Å². The summed E-state index contributed by atoms with van der Waals surface area (Å²) in [7, 11) is 0. The van der Waals surface area contributed by atoms with Crippen LogP contribution in [0.2, 0.25) is 0 Å². The fourth-order valence-electron chi connectivity index (χ4n) is 2.02. The molecular weight excluding hydrogens is 318 g/mol. The number of benzene rings is 2. The van der Waals surface area contributed by atoms with Crippen molar-refractivity contribution in [2.45, 2.75) is 6.92 Å². The fourth-order valence-corrected chi connectivity index (χ4v) is 2.29. The zero-order valence-corrected chi connectivity index (χ0v) is 12.4. The van der Waals surface area contributed by atoms with Crippen molar-refractivity contribution in [1.29, 1.82) is 0 Å². The lowest BCUT2D eigenvalue weighted by molar-refractivity contribution is 0.252. The van der Waals surface area contributed by atoms with Crippen molar-refractivity contribution in [2.24, 2.45) is 0 Å². The summed E-state index contributed by atoms with van der Waals surface area (Å²) in [5, 5.41) is 7.92. The first-order valence-corrected chi connectivity index (χ1v) is 6.94. The summed E-state index contributed by atoms with van der Waals surface area (Å²) in [6.45, 7) is 2.01. The zero-order chi connectivity index (χ0) is 14.1. The lowest BCUT2D eigenvalue weighted by Crippen LogP contribution is -2.20. The molecule has 0 fully saturated rings. The summed E-state index contributed by atoms with van der Waals surface area (Å²) < 4.78 is 2.34. The van der Waals surface area contributed by atoms with Crippen LogP contribution in [0.1, 0.15) is 5.56 Å². The average molecular weight is 330 g/mol. The molecule has 5 heteroatoms. The Hall–Kier alpha value is -2.14. The quantitative estimate of drug-likeness (QED) is 0.727. The minimum atomic E-state index is -0.272. The van der Waals surface area contributed by atoms with Crippen LogP contribution in [-0.4, -0.2) is 15.8 Å². The summed E-state index contributed by atoms with van der Waals surface area (Å²) in [6, 6.07) is 13.0. The SMILES string of the molecule is Cc1ccc2c(cnn2C(=O)Nc2ccc(Br)cc2)c1. The third-order valence-electron chi connectivity index (χ3n) is 3.01. The number of halogens is 1. The normalized spacial score (nSPS) is 10.7. The standard InChI is InChI=1S/C15H12BrN3O/c1-10-2-7-14-11(8-10)9-17-19(14)15(20)18-13-5-3-12(16)4-6-13/h2-9H,1H3,(H,18,20). The summed E-state index contributed by atoms with van der Waals surface area (Å²) in [5.74, 6) is 0. The Labute approximate surface area is 124 Å². The molecule has 1 amide bonds. The topological polar surface area (TPSA) is 46.9 Å². The maximum atomic E-state index is 12.2. The molecule has 0 aliphatic rings. The predicted molar refractivity (Wildman–Crippen MR) is 83.0 cm³/mol. The van der Waals surface area contributed by atoms with E-state index in [0.717, 1.165) is 26.6 Å². The molecular formula is C15H12BrN3O. The van der Waals surface area contributed by atoms with Crippen LogP contribution in [0.3, 0.4) is 0 Å². The molecule has 2 aromatic carbocycles. The highest BCUT2D eigenvalue weighted by molar-refractivity contribution is 9.10. The summed E-state index contributed by atoms with van der Waals surface area (Å²) in [6.07, 6.45) is 1.70. The second-order valence-electron chi connectivity index (χ2n) is 4.56. The predicted octanol–water partition coefficient (Wildman–Crippen LogP) is 4.19. The van der Waals surface area contributed by atoms with E-state index >= 15 is 0 Å². The molecule has 0 spiro atoms. The minimum absolute atomic E-state index is 0.272. The number of carbonyl (C=O) groups is 1. The lowest BCUT2D eigenvalue weighted by Gasteiger charge is -2.06. The highest BCUT2D eigenvalue weighted by Crippen LogP contribution is 2.17. The molecule has 0 radical (unpaired) electrons. The van der Waals surface area contributed by atoms with Gasteiger partial charge in [-0.15, -0.1) is 0 Å². The van der Waals surface area contributed by atoms with Crippen molar-refractivity contribution < 1.29 is 4.79 Å². The number of hydrogen-bond acceptors (Lipinski definition) is 2. The lowest BCUT2D eigenvalue weighted by atomic mass is 10.2. The van der Waals surface area contributed by atoms with Gasteiger partial charge in [0, 0.05) is 15.5 Å². The van der Waals surface area contributed by atoms with Crippen LogP contribution in [0.4, 0.5) is 10.5 Å². The third-order valence-corrected chi connectivity index (χ3v) is 3.54. The van der Waals surface area contributed by atoms with E-state index in [1.165, 1.54) is 4.68 Å². The van der Waals surface area contributed by atoms with E-state index in [-0.39, 0.29) is 6.03 Å². The molecule has 1 N–H and O–H groups in total. The van der Waals surface area contributed by atoms with E-state index in [1.54, 1.807) is 6.20 Å². The molecule has 0 atom stereocenters. The van der Waals surface area contributed by atoms with Crippen molar-refractivity contribution in [3.63, 3.8) is 0 Å². The van der Waals surface area contributed by atoms with Crippen LogP contribution in [-0.2, 0) is 0 Å². The molecule has 0 aliphatic heterocycles. The molecule has 3 aromatic rings. The Kier molecular flexibility index (Phi) is 3.28. The highest BCUT2D eigenvalue weighted by atomic mass is 79.9. The highest BCUT2D eigenvalue weighted by Gasteiger charge is 2.10. The average Bonchev–Trinajstić information content (AvgIpc) is 2.84. The van der Waals surface area contributed by atoms with Gasteiger partial charge < -0.3 is 5.32 Å². The Bertz CT molecular complexity index is 777. The number of aromatic nitrogens is 2. The number of anilines is 1. The number of aryl methyl sites for hydroxylation is 1. The van der Waals surface area contributed by atoms with Gasteiger partial charge in [-0.25, -0.2) is 4.79 Å². The molecule has 1 aromatic heterocycles. The van der Waals surface area contributed by atoms with Crippen molar-refractivity contribution in [1.82, 2.24) is 9.78 Å². The van der Waals surface area contributed by atoms with Crippen molar-refractivity contribution >= 4 is 38.6 Å². The van der Waals surface area contributed by atoms with Gasteiger partial charge in [-0.2, -0.15) is 9.78 Å². The molecule has 4 nitrogen and oxygen atoms in total. The van der Waals surface area contributed by atoms with Gasteiger partial charge in [0.05, 0.1) is 11.7 Å². The number of carbonyl (C=O) groups excluding carboxylic acids is 1. The van der Waals surface area contributed by atoms with Crippen LogP contribution in [0.15, 0.2) is 53.1 Å². The first kappa shape index (κ1) is 12.9. The number of amides is 1. The first-order chi connectivity index (χ1) is 9.63. The zero-order valence-electron chi connectivity index (χ0n) is 10.8. The monoisotopic (exact) mass is 329 g/mol. The van der Waals surface area contributed by atoms with Gasteiger partial charge >= 0.3 is 6.03 Å². The van der Waals surface area contributed by atoms with Gasteiger partial charge in [0.25, 0.3) is 0 Å². The van der Waals surface area contributed by atoms with E-state index in [0.29, 0.717) is 0 Å². The van der Waals surface area contributed by atoms with Crippen molar-refractivity contribution in [2.75, 3.05) is 5.32 Å².